The average molecular weight is 342 g/mol. The summed E-state index contributed by atoms with van der Waals surface area (Å²) in [5.41, 5.74) is -0.175. The van der Waals surface area contributed by atoms with Gasteiger partial charge in [-0.1, -0.05) is 35.2 Å². The lowest BCUT2D eigenvalue weighted by molar-refractivity contribution is 0.429. The third kappa shape index (κ3) is 2.61. The molecule has 106 valence electrons. The van der Waals surface area contributed by atoms with Crippen molar-refractivity contribution in [1.82, 2.24) is 15.2 Å². The van der Waals surface area contributed by atoms with Gasteiger partial charge in [-0.05, 0) is 25.0 Å². The van der Waals surface area contributed by atoms with Crippen LogP contribution in [0, 0.1) is 11.6 Å². The summed E-state index contributed by atoms with van der Waals surface area (Å²) >= 11 is 3.06. The Bertz CT molecular complexity index is 598. The van der Waals surface area contributed by atoms with Crippen molar-refractivity contribution in [2.75, 3.05) is 0 Å². The smallest absolute Gasteiger partial charge is 0.187 e. The largest absolute Gasteiger partial charge is 0.262 e. The van der Waals surface area contributed by atoms with Crippen molar-refractivity contribution in [3.63, 3.8) is 0 Å². The van der Waals surface area contributed by atoms with Crippen molar-refractivity contribution in [3.05, 3.63) is 34.1 Å². The molecule has 1 saturated carbocycles. The molecule has 1 aliphatic carbocycles. The van der Waals surface area contributed by atoms with Gasteiger partial charge in [0.05, 0.1) is 5.56 Å². The molecule has 3 nitrogen and oxygen atoms in total. The second-order valence-electron chi connectivity index (χ2n) is 5.12. The number of rotatable bonds is 2. The summed E-state index contributed by atoms with van der Waals surface area (Å²) in [6.45, 7) is 0. The maximum Gasteiger partial charge on any atom is 0.187 e. The molecule has 0 spiro atoms. The lowest BCUT2D eigenvalue weighted by Gasteiger charge is -2.18. The molecule has 0 bridgehead atoms. The van der Waals surface area contributed by atoms with Crippen LogP contribution in [0.2, 0.25) is 0 Å². The SMILES string of the molecule is Fc1cc(Br)cc(F)c1-c1n[nH]c(C2CCCCC2)n1. The lowest BCUT2D eigenvalue weighted by Crippen LogP contribution is -2.06. The zero-order chi connectivity index (χ0) is 14.1. The van der Waals surface area contributed by atoms with E-state index in [0.717, 1.165) is 18.7 Å². The fourth-order valence-electron chi connectivity index (χ4n) is 2.70. The van der Waals surface area contributed by atoms with E-state index in [2.05, 4.69) is 31.1 Å². The van der Waals surface area contributed by atoms with E-state index < -0.39 is 11.6 Å². The first-order valence-electron chi connectivity index (χ1n) is 6.72. The predicted octanol–water partition coefficient (Wildman–Crippen LogP) is 4.56. The monoisotopic (exact) mass is 341 g/mol. The highest BCUT2D eigenvalue weighted by Crippen LogP contribution is 2.32. The highest BCUT2D eigenvalue weighted by atomic mass is 79.9. The van der Waals surface area contributed by atoms with Gasteiger partial charge in [0.15, 0.2) is 5.82 Å². The molecular weight excluding hydrogens is 328 g/mol. The molecule has 6 heteroatoms. The van der Waals surface area contributed by atoms with Gasteiger partial charge in [0.1, 0.15) is 17.5 Å². The summed E-state index contributed by atoms with van der Waals surface area (Å²) in [6, 6.07) is 2.43. The third-order valence-corrected chi connectivity index (χ3v) is 4.18. The Hall–Kier alpha value is -1.30. The van der Waals surface area contributed by atoms with E-state index in [-0.39, 0.29) is 11.4 Å². The van der Waals surface area contributed by atoms with E-state index in [4.69, 9.17) is 0 Å². The van der Waals surface area contributed by atoms with Crippen molar-refractivity contribution < 1.29 is 8.78 Å². The average Bonchev–Trinajstić information content (AvgIpc) is 2.88. The van der Waals surface area contributed by atoms with Crippen LogP contribution < -0.4 is 0 Å². The quantitative estimate of drug-likeness (QED) is 0.869. The molecule has 0 unspecified atom stereocenters. The minimum atomic E-state index is -0.661. The molecule has 0 aliphatic heterocycles. The van der Waals surface area contributed by atoms with E-state index in [1.165, 1.54) is 31.4 Å². The van der Waals surface area contributed by atoms with Gasteiger partial charge in [-0.15, -0.1) is 0 Å². The van der Waals surface area contributed by atoms with E-state index in [0.29, 0.717) is 10.4 Å². The van der Waals surface area contributed by atoms with Gasteiger partial charge in [-0.3, -0.25) is 5.10 Å². The van der Waals surface area contributed by atoms with Gasteiger partial charge in [0.2, 0.25) is 0 Å². The number of halogens is 3. The molecular formula is C14H14BrF2N3. The molecule has 0 saturated heterocycles. The summed E-state index contributed by atoms with van der Waals surface area (Å²) in [7, 11) is 0. The Morgan fingerprint density at radius 3 is 2.40 bits per heavy atom. The van der Waals surface area contributed by atoms with Crippen molar-refractivity contribution in [3.8, 4) is 11.4 Å². The molecule has 0 atom stereocenters. The minimum Gasteiger partial charge on any atom is -0.262 e. The van der Waals surface area contributed by atoms with Crippen LogP contribution in [0.25, 0.3) is 11.4 Å². The summed E-state index contributed by atoms with van der Waals surface area (Å²) in [5.74, 6) is -0.168. The molecule has 1 heterocycles. The number of nitrogens with zero attached hydrogens (tertiary/aromatic N) is 2. The summed E-state index contributed by atoms with van der Waals surface area (Å²) < 4.78 is 28.1. The molecule has 3 rings (SSSR count). The van der Waals surface area contributed by atoms with E-state index in [1.54, 1.807) is 0 Å². The van der Waals surface area contributed by atoms with Crippen LogP contribution >= 0.6 is 15.9 Å². The lowest BCUT2D eigenvalue weighted by atomic mass is 9.89. The molecule has 0 radical (unpaired) electrons. The van der Waals surface area contributed by atoms with Gasteiger partial charge in [0, 0.05) is 10.4 Å². The van der Waals surface area contributed by atoms with Gasteiger partial charge < -0.3 is 0 Å². The van der Waals surface area contributed by atoms with Crippen LogP contribution in [0.4, 0.5) is 8.78 Å². The Kier molecular flexibility index (Phi) is 3.83. The second kappa shape index (κ2) is 5.60. The third-order valence-electron chi connectivity index (χ3n) is 3.73. The van der Waals surface area contributed by atoms with Crippen LogP contribution in [0.15, 0.2) is 16.6 Å². The Morgan fingerprint density at radius 2 is 1.75 bits per heavy atom. The zero-order valence-electron chi connectivity index (χ0n) is 10.8. The van der Waals surface area contributed by atoms with Crippen molar-refractivity contribution in [2.45, 2.75) is 38.0 Å². The summed E-state index contributed by atoms with van der Waals surface area (Å²) in [6.07, 6.45) is 5.69. The molecule has 1 N–H and O–H groups in total. The number of nitrogens with one attached hydrogen (secondary N) is 1. The maximum absolute atomic E-state index is 13.9. The fraction of sp³-hybridized carbons (Fsp3) is 0.429. The number of aromatic nitrogens is 3. The Balaban J connectivity index is 1.94. The number of H-pyrrole nitrogens is 1. The molecule has 0 amide bonds. The summed E-state index contributed by atoms with van der Waals surface area (Å²) in [5, 5.41) is 6.82. The van der Waals surface area contributed by atoms with Gasteiger partial charge in [0.25, 0.3) is 0 Å². The predicted molar refractivity (Wildman–Crippen MR) is 75.3 cm³/mol. The first-order chi connectivity index (χ1) is 9.65. The van der Waals surface area contributed by atoms with Crippen LogP contribution in [0.3, 0.4) is 0 Å². The zero-order valence-corrected chi connectivity index (χ0v) is 12.4. The first-order valence-corrected chi connectivity index (χ1v) is 7.51. The topological polar surface area (TPSA) is 41.6 Å². The Labute approximate surface area is 123 Å². The van der Waals surface area contributed by atoms with Gasteiger partial charge in [-0.2, -0.15) is 5.10 Å². The van der Waals surface area contributed by atoms with Gasteiger partial charge in [-0.25, -0.2) is 13.8 Å². The highest BCUT2D eigenvalue weighted by Gasteiger charge is 2.22. The first kappa shape index (κ1) is 13.7. The molecule has 2 aromatic rings. The Morgan fingerprint density at radius 1 is 1.10 bits per heavy atom. The van der Waals surface area contributed by atoms with Crippen molar-refractivity contribution in [1.29, 1.82) is 0 Å². The maximum atomic E-state index is 13.9. The molecule has 20 heavy (non-hydrogen) atoms. The van der Waals surface area contributed by atoms with E-state index in [1.807, 2.05) is 0 Å². The van der Waals surface area contributed by atoms with Crippen LogP contribution in [0.1, 0.15) is 43.8 Å². The summed E-state index contributed by atoms with van der Waals surface area (Å²) in [4.78, 5) is 4.29. The van der Waals surface area contributed by atoms with Crippen molar-refractivity contribution in [2.24, 2.45) is 0 Å². The molecule has 1 aliphatic rings. The highest BCUT2D eigenvalue weighted by molar-refractivity contribution is 9.10. The number of hydrogen-bond acceptors (Lipinski definition) is 2. The second-order valence-corrected chi connectivity index (χ2v) is 6.04. The van der Waals surface area contributed by atoms with Crippen LogP contribution in [-0.2, 0) is 0 Å². The standard InChI is InChI=1S/C14H14BrF2N3/c15-9-6-10(16)12(11(17)7-9)14-18-13(19-20-14)8-4-2-1-3-5-8/h6-8H,1-5H2,(H,18,19,20). The van der Waals surface area contributed by atoms with Crippen LogP contribution in [0.5, 0.6) is 0 Å². The van der Waals surface area contributed by atoms with E-state index in [9.17, 15) is 8.78 Å². The van der Waals surface area contributed by atoms with Crippen LogP contribution in [-0.4, -0.2) is 15.2 Å². The normalized spacial score (nSPS) is 16.6. The van der Waals surface area contributed by atoms with E-state index >= 15 is 0 Å². The van der Waals surface area contributed by atoms with Gasteiger partial charge >= 0.3 is 0 Å². The van der Waals surface area contributed by atoms with Crippen molar-refractivity contribution >= 4 is 15.9 Å². The molecule has 1 aromatic carbocycles. The molecule has 1 fully saturated rings. The minimum absolute atomic E-state index is 0.0908. The number of hydrogen-bond donors (Lipinski definition) is 1. The number of aromatic amines is 1. The number of benzene rings is 1. The molecule has 1 aromatic heterocycles. The fourth-order valence-corrected chi connectivity index (χ4v) is 3.10.